The molecule has 0 aromatic heterocycles. The number of nitrogens with zero attached hydrogens (tertiary/aromatic N) is 1. The summed E-state index contributed by atoms with van der Waals surface area (Å²) in [6.07, 6.45) is 9.34. The van der Waals surface area contributed by atoms with Gasteiger partial charge >= 0.3 is 6.09 Å². The molecule has 1 spiro atoms. The van der Waals surface area contributed by atoms with Crippen LogP contribution in [0.4, 0.5) is 4.79 Å². The molecule has 1 aliphatic heterocycles. The maximum atomic E-state index is 12.2. The lowest BCUT2D eigenvalue weighted by molar-refractivity contribution is -0.124. The van der Waals surface area contributed by atoms with Crippen molar-refractivity contribution in [2.75, 3.05) is 18.4 Å². The van der Waals surface area contributed by atoms with E-state index in [2.05, 4.69) is 15.9 Å². The third-order valence-corrected chi connectivity index (χ3v) is 7.26. The molecule has 0 aromatic rings. The van der Waals surface area contributed by atoms with E-state index in [1.54, 1.807) is 0 Å². The van der Waals surface area contributed by atoms with Crippen LogP contribution in [-0.2, 0) is 4.74 Å². The molecular weight excluding hydrogens is 342 g/mol. The van der Waals surface area contributed by atoms with E-state index in [4.69, 9.17) is 4.74 Å². The summed E-state index contributed by atoms with van der Waals surface area (Å²) in [4.78, 5) is 14.1. The monoisotopic (exact) mass is 371 g/mol. The Labute approximate surface area is 143 Å². The molecule has 3 aliphatic rings. The Bertz CT molecular complexity index is 423. The third kappa shape index (κ3) is 3.05. The molecule has 0 unspecified atom stereocenters. The quantitative estimate of drug-likeness (QED) is 0.640. The molecule has 1 saturated heterocycles. The fourth-order valence-corrected chi connectivity index (χ4v) is 5.82. The van der Waals surface area contributed by atoms with Crippen molar-refractivity contribution in [3.05, 3.63) is 0 Å². The summed E-state index contributed by atoms with van der Waals surface area (Å²) in [5.41, 5.74) is 0.839. The highest BCUT2D eigenvalue weighted by atomic mass is 79.9. The minimum atomic E-state index is -0.393. The summed E-state index contributed by atoms with van der Waals surface area (Å²) in [5, 5.41) is 1.14. The SMILES string of the molecule is CC(C)(C)OC(=O)N1CCC(C2(CBr)CC3(CCC3)C2)CC1. The maximum Gasteiger partial charge on any atom is 0.410 e. The van der Waals surface area contributed by atoms with Gasteiger partial charge in [-0.15, -0.1) is 0 Å². The van der Waals surface area contributed by atoms with Crippen molar-refractivity contribution in [1.29, 1.82) is 0 Å². The van der Waals surface area contributed by atoms with Gasteiger partial charge in [-0.25, -0.2) is 4.79 Å². The summed E-state index contributed by atoms with van der Waals surface area (Å²) in [6.45, 7) is 7.53. The number of likely N-dealkylation sites (tertiary alicyclic amines) is 1. The lowest BCUT2D eigenvalue weighted by Gasteiger charge is -2.64. The smallest absolute Gasteiger partial charge is 0.410 e. The molecule has 3 nitrogen and oxygen atoms in total. The van der Waals surface area contributed by atoms with E-state index in [1.165, 1.54) is 32.1 Å². The third-order valence-electron chi connectivity index (χ3n) is 6.15. The van der Waals surface area contributed by atoms with Crippen molar-refractivity contribution >= 4 is 22.0 Å². The molecule has 4 heteroatoms. The molecule has 3 rings (SSSR count). The summed E-state index contributed by atoms with van der Waals surface area (Å²) in [5.74, 6) is 0.775. The average molecular weight is 372 g/mol. The summed E-state index contributed by atoms with van der Waals surface area (Å²) < 4.78 is 5.50. The first-order valence-electron chi connectivity index (χ1n) is 8.82. The Balaban J connectivity index is 1.52. The predicted octanol–water partition coefficient (Wildman–Crippen LogP) is 4.98. The molecule has 0 N–H and O–H groups in total. The molecule has 2 aliphatic carbocycles. The van der Waals surface area contributed by atoms with Crippen LogP contribution in [0.2, 0.25) is 0 Å². The van der Waals surface area contributed by atoms with Gasteiger partial charge in [0.15, 0.2) is 0 Å². The van der Waals surface area contributed by atoms with E-state index in [1.807, 2.05) is 25.7 Å². The van der Waals surface area contributed by atoms with Crippen molar-refractivity contribution in [3.63, 3.8) is 0 Å². The molecular formula is C18H30BrNO2. The normalized spacial score (nSPS) is 27.2. The van der Waals surface area contributed by atoms with Gasteiger partial charge in [-0.1, -0.05) is 22.4 Å². The Kier molecular flexibility index (Phi) is 4.29. The lowest BCUT2D eigenvalue weighted by atomic mass is 9.42. The van der Waals surface area contributed by atoms with Gasteiger partial charge in [-0.2, -0.15) is 0 Å². The van der Waals surface area contributed by atoms with E-state index in [-0.39, 0.29) is 6.09 Å². The average Bonchev–Trinajstić information content (AvgIpc) is 2.35. The number of alkyl halides is 1. The van der Waals surface area contributed by atoms with E-state index >= 15 is 0 Å². The zero-order chi connectivity index (χ0) is 16.0. The Morgan fingerprint density at radius 2 is 1.82 bits per heavy atom. The first kappa shape index (κ1) is 16.6. The van der Waals surface area contributed by atoms with Crippen LogP contribution < -0.4 is 0 Å². The highest BCUT2D eigenvalue weighted by molar-refractivity contribution is 9.09. The second-order valence-electron chi connectivity index (χ2n) is 8.94. The van der Waals surface area contributed by atoms with Gasteiger partial charge in [0.25, 0.3) is 0 Å². The second kappa shape index (κ2) is 5.68. The molecule has 0 atom stereocenters. The summed E-state index contributed by atoms with van der Waals surface area (Å²) in [6, 6.07) is 0. The molecule has 22 heavy (non-hydrogen) atoms. The van der Waals surface area contributed by atoms with Gasteiger partial charge < -0.3 is 9.64 Å². The van der Waals surface area contributed by atoms with Gasteiger partial charge in [-0.3, -0.25) is 0 Å². The van der Waals surface area contributed by atoms with Crippen LogP contribution in [0, 0.1) is 16.7 Å². The first-order valence-corrected chi connectivity index (χ1v) is 9.94. The standard InChI is InChI=1S/C18H30BrNO2/c1-16(2,3)22-15(21)20-9-5-14(6-10-20)18(13-19)11-17(12-18)7-4-8-17/h14H,4-13H2,1-3H3. The zero-order valence-electron chi connectivity index (χ0n) is 14.3. The van der Waals surface area contributed by atoms with E-state index in [0.717, 1.165) is 42.6 Å². The maximum absolute atomic E-state index is 12.2. The first-order chi connectivity index (χ1) is 10.3. The molecule has 2 saturated carbocycles. The van der Waals surface area contributed by atoms with Crippen molar-refractivity contribution < 1.29 is 9.53 Å². The van der Waals surface area contributed by atoms with Crippen LogP contribution in [0.25, 0.3) is 0 Å². The fraction of sp³-hybridized carbons (Fsp3) is 0.944. The summed E-state index contributed by atoms with van der Waals surface area (Å²) >= 11 is 3.80. The fourth-order valence-electron chi connectivity index (χ4n) is 4.97. The van der Waals surface area contributed by atoms with Crippen molar-refractivity contribution in [2.24, 2.45) is 16.7 Å². The van der Waals surface area contributed by atoms with E-state index < -0.39 is 5.60 Å². The van der Waals surface area contributed by atoms with Crippen molar-refractivity contribution in [1.82, 2.24) is 4.90 Å². The van der Waals surface area contributed by atoms with Crippen molar-refractivity contribution in [3.8, 4) is 0 Å². The Morgan fingerprint density at radius 1 is 1.23 bits per heavy atom. The largest absolute Gasteiger partial charge is 0.444 e. The number of rotatable bonds is 2. The van der Waals surface area contributed by atoms with Crippen LogP contribution >= 0.6 is 15.9 Å². The second-order valence-corrected chi connectivity index (χ2v) is 9.51. The van der Waals surface area contributed by atoms with E-state index in [9.17, 15) is 4.79 Å². The van der Waals surface area contributed by atoms with Crippen LogP contribution in [0.15, 0.2) is 0 Å². The number of carbonyl (C=O) groups excluding carboxylic acids is 1. The molecule has 1 heterocycles. The number of amides is 1. The van der Waals surface area contributed by atoms with Crippen LogP contribution in [0.5, 0.6) is 0 Å². The van der Waals surface area contributed by atoms with E-state index in [0.29, 0.717) is 5.41 Å². The molecule has 126 valence electrons. The minimum Gasteiger partial charge on any atom is -0.444 e. The molecule has 1 amide bonds. The summed E-state index contributed by atoms with van der Waals surface area (Å²) in [7, 11) is 0. The van der Waals surface area contributed by atoms with Crippen molar-refractivity contribution in [2.45, 2.75) is 71.3 Å². The van der Waals surface area contributed by atoms with Crippen LogP contribution in [0.3, 0.4) is 0 Å². The van der Waals surface area contributed by atoms with Gasteiger partial charge in [0.05, 0.1) is 0 Å². The highest BCUT2D eigenvalue weighted by Gasteiger charge is 2.59. The number of halogens is 1. The van der Waals surface area contributed by atoms with Gasteiger partial charge in [0, 0.05) is 18.4 Å². The number of hydrogen-bond donors (Lipinski definition) is 0. The Hall–Kier alpha value is -0.250. The topological polar surface area (TPSA) is 29.5 Å². The number of piperidine rings is 1. The lowest BCUT2D eigenvalue weighted by Crippen LogP contribution is -2.57. The molecule has 0 radical (unpaired) electrons. The molecule has 0 aromatic carbocycles. The minimum absolute atomic E-state index is 0.136. The van der Waals surface area contributed by atoms with Gasteiger partial charge in [0.2, 0.25) is 0 Å². The molecule has 0 bridgehead atoms. The van der Waals surface area contributed by atoms with Gasteiger partial charge in [-0.05, 0) is 76.0 Å². The number of hydrogen-bond acceptors (Lipinski definition) is 2. The molecule has 3 fully saturated rings. The predicted molar refractivity (Wildman–Crippen MR) is 92.3 cm³/mol. The van der Waals surface area contributed by atoms with Gasteiger partial charge in [0.1, 0.15) is 5.60 Å². The zero-order valence-corrected chi connectivity index (χ0v) is 15.9. The van der Waals surface area contributed by atoms with Crippen LogP contribution in [0.1, 0.15) is 65.7 Å². The Morgan fingerprint density at radius 3 is 2.23 bits per heavy atom. The van der Waals surface area contributed by atoms with Crippen LogP contribution in [-0.4, -0.2) is 35.0 Å². The number of ether oxygens (including phenoxy) is 1. The highest BCUT2D eigenvalue weighted by Crippen LogP contribution is 2.68. The number of carbonyl (C=O) groups is 1.